The summed E-state index contributed by atoms with van der Waals surface area (Å²) in [5, 5.41) is 6.39. The van der Waals surface area contributed by atoms with Gasteiger partial charge in [0.2, 0.25) is 5.91 Å². The van der Waals surface area contributed by atoms with Crippen molar-refractivity contribution >= 4 is 5.91 Å². The van der Waals surface area contributed by atoms with Gasteiger partial charge < -0.3 is 10.6 Å². The van der Waals surface area contributed by atoms with Gasteiger partial charge in [-0.25, -0.2) is 0 Å². The Labute approximate surface area is 130 Å². The first-order valence-electron chi connectivity index (χ1n) is 8.87. The zero-order valence-electron chi connectivity index (χ0n) is 14.0. The molecule has 4 heteroatoms. The van der Waals surface area contributed by atoms with E-state index in [1.165, 1.54) is 32.1 Å². The lowest BCUT2D eigenvalue weighted by molar-refractivity contribution is -0.128. The predicted octanol–water partition coefficient (Wildman–Crippen LogP) is 2.00. The van der Waals surface area contributed by atoms with Crippen LogP contribution in [-0.4, -0.2) is 49.1 Å². The van der Waals surface area contributed by atoms with Crippen molar-refractivity contribution in [2.45, 2.75) is 65.0 Å². The lowest BCUT2D eigenvalue weighted by atomic mass is 9.89. The highest BCUT2D eigenvalue weighted by Gasteiger charge is 2.34. The van der Waals surface area contributed by atoms with Gasteiger partial charge in [-0.3, -0.25) is 9.69 Å². The topological polar surface area (TPSA) is 44.4 Å². The maximum absolute atomic E-state index is 12.3. The predicted molar refractivity (Wildman–Crippen MR) is 87.2 cm³/mol. The molecule has 1 aliphatic heterocycles. The fraction of sp³-hybridized carbons (Fsp3) is 0.941. The Bertz CT molecular complexity index is 332. The highest BCUT2D eigenvalue weighted by Crippen LogP contribution is 2.31. The number of amides is 1. The lowest BCUT2D eigenvalue weighted by Crippen LogP contribution is -2.60. The molecule has 0 aromatic heterocycles. The number of nitrogens with zero attached hydrogens (tertiary/aromatic N) is 1. The molecule has 1 heterocycles. The van der Waals surface area contributed by atoms with Crippen LogP contribution in [0, 0.1) is 11.8 Å². The van der Waals surface area contributed by atoms with Gasteiger partial charge in [0.15, 0.2) is 0 Å². The molecule has 3 unspecified atom stereocenters. The largest absolute Gasteiger partial charge is 0.355 e. The highest BCUT2D eigenvalue weighted by atomic mass is 16.2. The Hall–Kier alpha value is -0.610. The van der Waals surface area contributed by atoms with Gasteiger partial charge in [-0.2, -0.15) is 0 Å². The lowest BCUT2D eigenvalue weighted by Gasteiger charge is -2.40. The monoisotopic (exact) mass is 295 g/mol. The molecule has 0 aromatic rings. The zero-order chi connectivity index (χ0) is 15.2. The fourth-order valence-electron chi connectivity index (χ4n) is 4.00. The molecule has 2 fully saturated rings. The molecule has 21 heavy (non-hydrogen) atoms. The first-order valence-corrected chi connectivity index (χ1v) is 8.87. The van der Waals surface area contributed by atoms with E-state index in [1.54, 1.807) is 0 Å². The summed E-state index contributed by atoms with van der Waals surface area (Å²) < 4.78 is 0. The van der Waals surface area contributed by atoms with Crippen LogP contribution in [0.25, 0.3) is 0 Å². The van der Waals surface area contributed by atoms with Crippen molar-refractivity contribution in [1.29, 1.82) is 0 Å². The molecule has 4 nitrogen and oxygen atoms in total. The van der Waals surface area contributed by atoms with Crippen LogP contribution in [-0.2, 0) is 4.79 Å². The molecule has 0 bridgehead atoms. The van der Waals surface area contributed by atoms with Crippen LogP contribution in [0.3, 0.4) is 0 Å². The molecule has 1 saturated carbocycles. The van der Waals surface area contributed by atoms with Gasteiger partial charge in [-0.15, -0.1) is 0 Å². The van der Waals surface area contributed by atoms with Crippen molar-refractivity contribution in [3.05, 3.63) is 0 Å². The number of carbonyl (C=O) groups excluding carboxylic acids is 1. The number of hydrogen-bond acceptors (Lipinski definition) is 3. The summed E-state index contributed by atoms with van der Waals surface area (Å²) in [6.07, 6.45) is 6.54. The van der Waals surface area contributed by atoms with Crippen molar-refractivity contribution in [2.75, 3.05) is 26.2 Å². The molecule has 0 spiro atoms. The second-order valence-electron chi connectivity index (χ2n) is 7.02. The minimum absolute atomic E-state index is 0.0271. The minimum Gasteiger partial charge on any atom is -0.355 e. The number of nitrogens with one attached hydrogen (secondary N) is 2. The third kappa shape index (κ3) is 4.43. The molecule has 0 radical (unpaired) electrons. The average molecular weight is 295 g/mol. The standard InChI is InChI=1S/C17H33N3O/c1-4-19-17(21)16-12-18-10-11-20(16)15-7-5-6-14(8-9-15)13(2)3/h13-16,18H,4-12H2,1-3H3,(H,19,21). The molecule has 1 aliphatic carbocycles. The average Bonchev–Trinajstić information content (AvgIpc) is 2.73. The summed E-state index contributed by atoms with van der Waals surface area (Å²) in [7, 11) is 0. The molecule has 1 saturated heterocycles. The molecular formula is C17H33N3O. The van der Waals surface area contributed by atoms with Gasteiger partial charge in [0, 0.05) is 32.2 Å². The number of likely N-dealkylation sites (N-methyl/N-ethyl adjacent to an activating group) is 1. The van der Waals surface area contributed by atoms with E-state index in [1.807, 2.05) is 6.92 Å². The summed E-state index contributed by atoms with van der Waals surface area (Å²) in [6, 6.07) is 0.628. The van der Waals surface area contributed by atoms with Crippen LogP contribution in [0.2, 0.25) is 0 Å². The Morgan fingerprint density at radius 1 is 1.29 bits per heavy atom. The third-order valence-corrected chi connectivity index (χ3v) is 5.33. The summed E-state index contributed by atoms with van der Waals surface area (Å²) in [6.45, 7) is 10.3. The van der Waals surface area contributed by atoms with Crippen molar-refractivity contribution in [3.8, 4) is 0 Å². The van der Waals surface area contributed by atoms with Crippen LogP contribution < -0.4 is 10.6 Å². The maximum atomic E-state index is 12.3. The normalized spacial score (nSPS) is 31.9. The van der Waals surface area contributed by atoms with Gasteiger partial charge in [0.05, 0.1) is 0 Å². The van der Waals surface area contributed by atoms with Crippen LogP contribution in [0.1, 0.15) is 52.9 Å². The number of rotatable bonds is 4. The van der Waals surface area contributed by atoms with E-state index in [9.17, 15) is 4.79 Å². The van der Waals surface area contributed by atoms with E-state index in [0.29, 0.717) is 6.04 Å². The van der Waals surface area contributed by atoms with Crippen molar-refractivity contribution < 1.29 is 4.79 Å². The van der Waals surface area contributed by atoms with Gasteiger partial charge in [-0.1, -0.05) is 26.7 Å². The zero-order valence-corrected chi connectivity index (χ0v) is 14.0. The van der Waals surface area contributed by atoms with Crippen LogP contribution in [0.5, 0.6) is 0 Å². The number of piperazine rings is 1. The van der Waals surface area contributed by atoms with E-state index in [-0.39, 0.29) is 11.9 Å². The third-order valence-electron chi connectivity index (χ3n) is 5.33. The van der Waals surface area contributed by atoms with E-state index < -0.39 is 0 Å². The highest BCUT2D eigenvalue weighted by molar-refractivity contribution is 5.82. The molecular weight excluding hydrogens is 262 g/mol. The molecule has 2 aliphatic rings. The van der Waals surface area contributed by atoms with Crippen molar-refractivity contribution in [2.24, 2.45) is 11.8 Å². The van der Waals surface area contributed by atoms with Crippen molar-refractivity contribution in [1.82, 2.24) is 15.5 Å². The smallest absolute Gasteiger partial charge is 0.238 e. The van der Waals surface area contributed by atoms with Gasteiger partial charge in [0.1, 0.15) is 6.04 Å². The van der Waals surface area contributed by atoms with Crippen LogP contribution >= 0.6 is 0 Å². The molecule has 3 atom stereocenters. The molecule has 1 amide bonds. The second-order valence-corrected chi connectivity index (χ2v) is 7.02. The fourth-order valence-corrected chi connectivity index (χ4v) is 4.00. The molecule has 122 valence electrons. The number of hydrogen-bond donors (Lipinski definition) is 2. The van der Waals surface area contributed by atoms with Gasteiger partial charge in [0.25, 0.3) is 0 Å². The summed E-state index contributed by atoms with van der Waals surface area (Å²) in [4.78, 5) is 14.8. The van der Waals surface area contributed by atoms with Crippen LogP contribution in [0.15, 0.2) is 0 Å². The Kier molecular flexibility index (Phi) is 6.49. The second kappa shape index (κ2) is 8.14. The van der Waals surface area contributed by atoms with E-state index in [4.69, 9.17) is 0 Å². The molecule has 2 N–H and O–H groups in total. The van der Waals surface area contributed by atoms with Crippen molar-refractivity contribution in [3.63, 3.8) is 0 Å². The molecule has 0 aromatic carbocycles. The van der Waals surface area contributed by atoms with E-state index in [2.05, 4.69) is 29.4 Å². The minimum atomic E-state index is 0.0271. The quantitative estimate of drug-likeness (QED) is 0.780. The van der Waals surface area contributed by atoms with Crippen LogP contribution in [0.4, 0.5) is 0 Å². The molecule has 2 rings (SSSR count). The maximum Gasteiger partial charge on any atom is 0.238 e. The Morgan fingerprint density at radius 2 is 2.10 bits per heavy atom. The Morgan fingerprint density at radius 3 is 2.81 bits per heavy atom. The SMILES string of the molecule is CCNC(=O)C1CNCCN1C1CCCC(C(C)C)CC1. The summed E-state index contributed by atoms with van der Waals surface area (Å²) in [5.74, 6) is 1.88. The van der Waals surface area contributed by atoms with E-state index in [0.717, 1.165) is 38.0 Å². The first-order chi connectivity index (χ1) is 10.1. The number of carbonyl (C=O) groups is 1. The Balaban J connectivity index is 1.98. The summed E-state index contributed by atoms with van der Waals surface area (Å²) in [5.41, 5.74) is 0. The summed E-state index contributed by atoms with van der Waals surface area (Å²) >= 11 is 0. The van der Waals surface area contributed by atoms with E-state index >= 15 is 0 Å². The van der Waals surface area contributed by atoms with Gasteiger partial charge in [-0.05, 0) is 38.0 Å². The van der Waals surface area contributed by atoms with Gasteiger partial charge >= 0.3 is 0 Å². The first kappa shape index (κ1) is 16.8.